The molecule has 4 N–H and O–H groups in total. The second-order valence-electron chi connectivity index (χ2n) is 4.33. The Kier molecular flexibility index (Phi) is 4.84. The summed E-state index contributed by atoms with van der Waals surface area (Å²) in [6, 6.07) is 0.227. The maximum atomic E-state index is 9.13. The van der Waals surface area contributed by atoms with Crippen LogP contribution >= 0.6 is 0 Å². The van der Waals surface area contributed by atoms with Gasteiger partial charge in [0.05, 0.1) is 0 Å². The van der Waals surface area contributed by atoms with Gasteiger partial charge >= 0.3 is 0 Å². The van der Waals surface area contributed by atoms with E-state index in [0.29, 0.717) is 5.92 Å². The minimum absolute atomic E-state index is 0.227. The van der Waals surface area contributed by atoms with Crippen LogP contribution in [0.15, 0.2) is 4.99 Å². The van der Waals surface area contributed by atoms with E-state index in [1.165, 1.54) is 0 Å². The topological polar surface area (TPSA) is 73.9 Å². The molecule has 0 aromatic heterocycles. The first-order valence-electron chi connectivity index (χ1n) is 5.57. The highest BCUT2D eigenvalue weighted by Crippen LogP contribution is 2.15. The fourth-order valence-corrected chi connectivity index (χ4v) is 1.86. The van der Waals surface area contributed by atoms with Gasteiger partial charge in [-0.25, -0.2) is 10.8 Å². The lowest BCUT2D eigenvalue weighted by Gasteiger charge is -2.33. The highest BCUT2D eigenvalue weighted by atomic mass is 16.3. The van der Waals surface area contributed by atoms with E-state index < -0.39 is 0 Å². The molecule has 1 aliphatic heterocycles. The second-order valence-corrected chi connectivity index (χ2v) is 4.33. The first-order valence-corrected chi connectivity index (χ1v) is 5.57. The number of guanidine groups is 1. The lowest BCUT2D eigenvalue weighted by atomic mass is 9.99. The molecule has 15 heavy (non-hydrogen) atoms. The van der Waals surface area contributed by atoms with Crippen LogP contribution in [0.4, 0.5) is 0 Å². The summed E-state index contributed by atoms with van der Waals surface area (Å²) in [5.41, 5.74) is 2.64. The first-order chi connectivity index (χ1) is 7.17. The summed E-state index contributed by atoms with van der Waals surface area (Å²) < 4.78 is 0. The van der Waals surface area contributed by atoms with Crippen molar-refractivity contribution in [3.8, 4) is 0 Å². The highest BCUT2D eigenvalue weighted by molar-refractivity contribution is 5.79. The van der Waals surface area contributed by atoms with Crippen molar-refractivity contribution in [3.63, 3.8) is 0 Å². The van der Waals surface area contributed by atoms with E-state index in [1.807, 2.05) is 13.8 Å². The van der Waals surface area contributed by atoms with Crippen LogP contribution < -0.4 is 11.3 Å². The molecule has 1 rings (SSSR count). The molecule has 0 bridgehead atoms. The fraction of sp³-hybridized carbons (Fsp3) is 0.900. The van der Waals surface area contributed by atoms with Crippen LogP contribution in [0.25, 0.3) is 0 Å². The van der Waals surface area contributed by atoms with Gasteiger partial charge < -0.3 is 10.0 Å². The molecule has 1 atom stereocenters. The molecule has 0 saturated carbocycles. The number of hydrogen-bond donors (Lipinski definition) is 3. The van der Waals surface area contributed by atoms with Crippen LogP contribution in [0.2, 0.25) is 0 Å². The van der Waals surface area contributed by atoms with Gasteiger partial charge in [0.15, 0.2) is 0 Å². The lowest BCUT2D eigenvalue weighted by Crippen LogP contribution is -2.49. The van der Waals surface area contributed by atoms with E-state index in [0.717, 1.165) is 31.9 Å². The van der Waals surface area contributed by atoms with Crippen molar-refractivity contribution < 1.29 is 5.11 Å². The maximum Gasteiger partial charge on any atom is 0.208 e. The smallest absolute Gasteiger partial charge is 0.208 e. The molecule has 1 aliphatic rings. The molecule has 0 aromatic rings. The zero-order valence-electron chi connectivity index (χ0n) is 9.61. The zero-order chi connectivity index (χ0) is 11.3. The molecule has 88 valence electrons. The third-order valence-corrected chi connectivity index (χ3v) is 2.59. The van der Waals surface area contributed by atoms with E-state index in [1.54, 1.807) is 0 Å². The Morgan fingerprint density at radius 2 is 2.40 bits per heavy atom. The van der Waals surface area contributed by atoms with Crippen molar-refractivity contribution in [3.05, 3.63) is 0 Å². The Hall–Kier alpha value is -0.810. The van der Waals surface area contributed by atoms with Crippen molar-refractivity contribution >= 4 is 5.96 Å². The fourth-order valence-electron chi connectivity index (χ4n) is 1.86. The number of aliphatic imine (C=N–C) groups is 1. The van der Waals surface area contributed by atoms with Crippen LogP contribution in [-0.2, 0) is 0 Å². The van der Waals surface area contributed by atoms with Gasteiger partial charge in [0.2, 0.25) is 5.96 Å². The number of hydrogen-bond acceptors (Lipinski definition) is 3. The molecule has 5 nitrogen and oxygen atoms in total. The van der Waals surface area contributed by atoms with Crippen LogP contribution in [0, 0.1) is 5.92 Å². The molecule has 0 aliphatic carbocycles. The van der Waals surface area contributed by atoms with E-state index in [2.05, 4.69) is 15.3 Å². The molecule has 0 aromatic carbocycles. The van der Waals surface area contributed by atoms with Crippen LogP contribution in [-0.4, -0.2) is 41.7 Å². The SMILES string of the molecule is CC(C)N=C(NN)N1CCCC(CO)C1. The minimum Gasteiger partial charge on any atom is -0.396 e. The van der Waals surface area contributed by atoms with E-state index in [9.17, 15) is 0 Å². The molecular weight excluding hydrogens is 192 g/mol. The van der Waals surface area contributed by atoms with Crippen molar-refractivity contribution in [2.24, 2.45) is 16.8 Å². The summed E-state index contributed by atoms with van der Waals surface area (Å²) in [6.07, 6.45) is 2.18. The molecule has 1 heterocycles. The number of nitrogens with zero attached hydrogens (tertiary/aromatic N) is 2. The summed E-state index contributed by atoms with van der Waals surface area (Å²) in [4.78, 5) is 6.53. The Morgan fingerprint density at radius 3 is 2.93 bits per heavy atom. The second kappa shape index (κ2) is 5.92. The van der Waals surface area contributed by atoms with E-state index >= 15 is 0 Å². The minimum atomic E-state index is 0.227. The van der Waals surface area contributed by atoms with Crippen LogP contribution in [0.1, 0.15) is 26.7 Å². The predicted molar refractivity (Wildman–Crippen MR) is 61.3 cm³/mol. The number of hydrazine groups is 1. The van der Waals surface area contributed by atoms with Gasteiger partial charge in [-0.1, -0.05) is 0 Å². The number of aliphatic hydroxyl groups excluding tert-OH is 1. The van der Waals surface area contributed by atoms with Gasteiger partial charge in [-0.3, -0.25) is 5.43 Å². The number of rotatable bonds is 2. The standard InChI is InChI=1S/C10H22N4O/c1-8(2)12-10(13-11)14-5-3-4-9(6-14)7-15/h8-9,15H,3-7,11H2,1-2H3,(H,12,13). The molecule has 1 saturated heterocycles. The molecule has 1 unspecified atom stereocenters. The van der Waals surface area contributed by atoms with Gasteiger partial charge in [-0.05, 0) is 32.6 Å². The monoisotopic (exact) mass is 214 g/mol. The Morgan fingerprint density at radius 1 is 1.67 bits per heavy atom. The van der Waals surface area contributed by atoms with Gasteiger partial charge in [0.1, 0.15) is 0 Å². The first kappa shape index (κ1) is 12.3. The average Bonchev–Trinajstić information content (AvgIpc) is 2.25. The number of likely N-dealkylation sites (tertiary alicyclic amines) is 1. The van der Waals surface area contributed by atoms with Gasteiger partial charge in [-0.15, -0.1) is 0 Å². The molecule has 1 fully saturated rings. The maximum absolute atomic E-state index is 9.13. The summed E-state index contributed by atoms with van der Waals surface area (Å²) in [5.74, 6) is 6.54. The number of nitrogens with two attached hydrogens (primary N) is 1. The third-order valence-electron chi connectivity index (χ3n) is 2.59. The zero-order valence-corrected chi connectivity index (χ0v) is 9.61. The molecule has 0 radical (unpaired) electrons. The molecule has 0 amide bonds. The average molecular weight is 214 g/mol. The largest absolute Gasteiger partial charge is 0.396 e. The lowest BCUT2D eigenvalue weighted by molar-refractivity contribution is 0.158. The van der Waals surface area contributed by atoms with Gasteiger partial charge in [0, 0.05) is 25.7 Å². The number of aliphatic hydroxyl groups is 1. The number of nitrogens with one attached hydrogen (secondary N) is 1. The van der Waals surface area contributed by atoms with Gasteiger partial charge in [0.25, 0.3) is 0 Å². The summed E-state index contributed by atoms with van der Waals surface area (Å²) >= 11 is 0. The Labute approximate surface area is 91.3 Å². The van der Waals surface area contributed by atoms with Crippen molar-refractivity contribution in [2.75, 3.05) is 19.7 Å². The molecule has 5 heteroatoms. The predicted octanol–water partition coefficient (Wildman–Crippen LogP) is -0.0816. The van der Waals surface area contributed by atoms with Gasteiger partial charge in [-0.2, -0.15) is 0 Å². The summed E-state index contributed by atoms with van der Waals surface area (Å²) in [6.45, 7) is 6.09. The quantitative estimate of drug-likeness (QED) is 0.260. The highest BCUT2D eigenvalue weighted by Gasteiger charge is 2.21. The van der Waals surface area contributed by atoms with Crippen molar-refractivity contribution in [2.45, 2.75) is 32.7 Å². The molecule has 0 spiro atoms. The third kappa shape index (κ3) is 3.68. The van der Waals surface area contributed by atoms with Crippen LogP contribution in [0.5, 0.6) is 0 Å². The van der Waals surface area contributed by atoms with E-state index in [-0.39, 0.29) is 12.6 Å². The van der Waals surface area contributed by atoms with E-state index in [4.69, 9.17) is 10.9 Å². The number of piperidine rings is 1. The van der Waals surface area contributed by atoms with Crippen LogP contribution in [0.3, 0.4) is 0 Å². The summed E-state index contributed by atoms with van der Waals surface area (Å²) in [7, 11) is 0. The van der Waals surface area contributed by atoms with Crippen molar-refractivity contribution in [1.82, 2.24) is 10.3 Å². The summed E-state index contributed by atoms with van der Waals surface area (Å²) in [5, 5.41) is 9.13. The Bertz CT molecular complexity index is 217. The normalized spacial score (nSPS) is 23.4. The Balaban J connectivity index is 2.60. The molecular formula is C10H22N4O. The van der Waals surface area contributed by atoms with Crippen molar-refractivity contribution in [1.29, 1.82) is 0 Å².